The summed E-state index contributed by atoms with van der Waals surface area (Å²) in [4.78, 5) is 15.9. The van der Waals surface area contributed by atoms with E-state index in [1.165, 1.54) is 18.1 Å². The number of benzene rings is 2. The van der Waals surface area contributed by atoms with Gasteiger partial charge >= 0.3 is 0 Å². The number of nitrogens with one attached hydrogen (secondary N) is 1. The first kappa shape index (κ1) is 17.2. The van der Waals surface area contributed by atoms with E-state index in [0.717, 1.165) is 41.8 Å². The van der Waals surface area contributed by atoms with Gasteiger partial charge in [-0.1, -0.05) is 31.9 Å². The standard InChI is InChI=1S/C22H21NO4/c1-2-3-4-6-13-7-5-8-16-20(13)14(12-23-16)9-19-22(26)21-17(25)10-15(24)11-18(21)27-19/h5,7-12,23-25H,2-4,6H2,1H3. The Kier molecular flexibility index (Phi) is 4.36. The molecule has 0 saturated carbocycles. The van der Waals surface area contributed by atoms with Crippen LogP contribution in [0.25, 0.3) is 17.0 Å². The number of aromatic nitrogens is 1. The number of fused-ring (bicyclic) bond motifs is 2. The van der Waals surface area contributed by atoms with E-state index < -0.39 is 0 Å². The second-order valence-corrected chi connectivity index (χ2v) is 6.82. The van der Waals surface area contributed by atoms with E-state index in [0.29, 0.717) is 0 Å². The number of carbonyl (C=O) groups is 1. The molecule has 0 saturated heterocycles. The maximum Gasteiger partial charge on any atom is 0.235 e. The lowest BCUT2D eigenvalue weighted by atomic mass is 10.00. The number of allylic oxidation sites excluding steroid dienone is 1. The number of carbonyl (C=O) groups excluding carboxylic acids is 1. The van der Waals surface area contributed by atoms with Crippen LogP contribution in [0.2, 0.25) is 0 Å². The molecule has 0 radical (unpaired) electrons. The lowest BCUT2D eigenvalue weighted by molar-refractivity contribution is 0.101. The van der Waals surface area contributed by atoms with Crippen molar-refractivity contribution in [1.29, 1.82) is 0 Å². The normalized spacial score (nSPS) is 14.7. The third kappa shape index (κ3) is 3.05. The number of unbranched alkanes of at least 4 members (excludes halogenated alkanes) is 2. The van der Waals surface area contributed by atoms with Crippen LogP contribution < -0.4 is 4.74 Å². The Morgan fingerprint density at radius 3 is 2.85 bits per heavy atom. The highest BCUT2D eigenvalue weighted by atomic mass is 16.5. The minimum atomic E-state index is -0.389. The Balaban J connectivity index is 1.74. The molecule has 5 nitrogen and oxygen atoms in total. The summed E-state index contributed by atoms with van der Waals surface area (Å²) >= 11 is 0. The lowest BCUT2D eigenvalue weighted by Gasteiger charge is -2.05. The van der Waals surface area contributed by atoms with Gasteiger partial charge in [-0.3, -0.25) is 4.79 Å². The Morgan fingerprint density at radius 2 is 2.04 bits per heavy atom. The Labute approximate surface area is 156 Å². The fraction of sp³-hybridized carbons (Fsp3) is 0.227. The highest BCUT2D eigenvalue weighted by Crippen LogP contribution is 2.41. The number of aryl methyl sites for hydroxylation is 1. The Morgan fingerprint density at radius 1 is 1.19 bits per heavy atom. The van der Waals surface area contributed by atoms with Crippen molar-refractivity contribution in [3.05, 3.63) is 59.0 Å². The van der Waals surface area contributed by atoms with Crippen molar-refractivity contribution in [2.45, 2.75) is 32.6 Å². The van der Waals surface area contributed by atoms with Gasteiger partial charge in [0.25, 0.3) is 0 Å². The summed E-state index contributed by atoms with van der Waals surface area (Å²) < 4.78 is 5.62. The molecule has 0 amide bonds. The summed E-state index contributed by atoms with van der Waals surface area (Å²) in [5, 5.41) is 20.7. The van der Waals surface area contributed by atoms with Gasteiger partial charge in [0.2, 0.25) is 5.78 Å². The van der Waals surface area contributed by atoms with Gasteiger partial charge in [-0.25, -0.2) is 0 Å². The van der Waals surface area contributed by atoms with Crippen LogP contribution in [-0.4, -0.2) is 21.0 Å². The lowest BCUT2D eigenvalue weighted by Crippen LogP contribution is -1.98. The van der Waals surface area contributed by atoms with Crippen molar-refractivity contribution in [3.8, 4) is 17.2 Å². The SMILES string of the molecule is CCCCCc1cccc2[nH]cc(C=C3Oc4cc(O)cc(O)c4C3=O)c12. The maximum atomic E-state index is 12.6. The van der Waals surface area contributed by atoms with Crippen molar-refractivity contribution in [2.75, 3.05) is 0 Å². The molecule has 0 bridgehead atoms. The largest absolute Gasteiger partial charge is 0.508 e. The van der Waals surface area contributed by atoms with Crippen molar-refractivity contribution in [3.63, 3.8) is 0 Å². The maximum absolute atomic E-state index is 12.6. The molecule has 0 unspecified atom stereocenters. The van der Waals surface area contributed by atoms with E-state index >= 15 is 0 Å². The predicted octanol–water partition coefficient (Wildman–Crippen LogP) is 4.93. The van der Waals surface area contributed by atoms with Crippen LogP contribution >= 0.6 is 0 Å². The van der Waals surface area contributed by atoms with E-state index in [9.17, 15) is 15.0 Å². The highest BCUT2D eigenvalue weighted by Gasteiger charge is 2.31. The molecule has 1 aliphatic rings. The summed E-state index contributed by atoms with van der Waals surface area (Å²) in [7, 11) is 0. The van der Waals surface area contributed by atoms with Crippen molar-refractivity contribution >= 4 is 22.8 Å². The van der Waals surface area contributed by atoms with Crippen LogP contribution in [0, 0.1) is 0 Å². The van der Waals surface area contributed by atoms with Gasteiger partial charge in [0.15, 0.2) is 5.76 Å². The average molecular weight is 363 g/mol. The molecule has 2 heterocycles. The van der Waals surface area contributed by atoms with Crippen LogP contribution in [0.4, 0.5) is 0 Å². The number of phenols is 2. The first-order valence-corrected chi connectivity index (χ1v) is 9.17. The quantitative estimate of drug-likeness (QED) is 0.443. The second kappa shape index (κ2) is 6.83. The number of ether oxygens (including phenoxy) is 1. The van der Waals surface area contributed by atoms with E-state index in [-0.39, 0.29) is 34.4 Å². The summed E-state index contributed by atoms with van der Waals surface area (Å²) in [6.07, 6.45) is 7.99. The third-order valence-electron chi connectivity index (χ3n) is 4.90. The zero-order valence-electron chi connectivity index (χ0n) is 15.1. The van der Waals surface area contributed by atoms with Gasteiger partial charge in [0, 0.05) is 34.8 Å². The van der Waals surface area contributed by atoms with Gasteiger partial charge < -0.3 is 19.9 Å². The number of H-pyrrole nitrogens is 1. The number of hydrogen-bond donors (Lipinski definition) is 3. The first-order valence-electron chi connectivity index (χ1n) is 9.17. The Hall–Kier alpha value is -3.21. The smallest absolute Gasteiger partial charge is 0.235 e. The van der Waals surface area contributed by atoms with Gasteiger partial charge in [0.05, 0.1) is 0 Å². The summed E-state index contributed by atoms with van der Waals surface area (Å²) in [5.41, 5.74) is 3.20. The van der Waals surface area contributed by atoms with Crippen molar-refractivity contribution in [2.24, 2.45) is 0 Å². The minimum absolute atomic E-state index is 0.0852. The van der Waals surface area contributed by atoms with Crippen molar-refractivity contribution < 1.29 is 19.7 Å². The van der Waals surface area contributed by atoms with E-state index in [1.54, 1.807) is 6.08 Å². The molecule has 0 fully saturated rings. The molecule has 27 heavy (non-hydrogen) atoms. The molecule has 0 spiro atoms. The number of hydrogen-bond acceptors (Lipinski definition) is 4. The summed E-state index contributed by atoms with van der Waals surface area (Å²) in [5.74, 6) is -0.509. The molecule has 1 aromatic heterocycles. The molecule has 3 aromatic rings. The first-order chi connectivity index (χ1) is 13.1. The number of ketones is 1. The van der Waals surface area contributed by atoms with Crippen LogP contribution in [0.3, 0.4) is 0 Å². The molecule has 1 aliphatic heterocycles. The number of aromatic hydroxyl groups is 2. The third-order valence-corrected chi connectivity index (χ3v) is 4.90. The Bertz CT molecular complexity index is 1060. The van der Waals surface area contributed by atoms with Crippen LogP contribution in [0.5, 0.6) is 17.2 Å². The zero-order valence-corrected chi connectivity index (χ0v) is 15.1. The average Bonchev–Trinajstić information content (AvgIpc) is 3.17. The van der Waals surface area contributed by atoms with E-state index in [1.807, 2.05) is 18.3 Å². The van der Waals surface area contributed by atoms with E-state index in [4.69, 9.17) is 4.74 Å². The molecule has 138 valence electrons. The highest BCUT2D eigenvalue weighted by molar-refractivity contribution is 6.16. The van der Waals surface area contributed by atoms with Gasteiger partial charge in [0.1, 0.15) is 22.8 Å². The minimum Gasteiger partial charge on any atom is -0.508 e. The van der Waals surface area contributed by atoms with Crippen LogP contribution in [0.1, 0.15) is 47.7 Å². The second-order valence-electron chi connectivity index (χ2n) is 6.82. The summed E-state index contributed by atoms with van der Waals surface area (Å²) in [6.45, 7) is 2.18. The molecule has 0 atom stereocenters. The fourth-order valence-corrected chi connectivity index (χ4v) is 3.60. The molecular formula is C22H21NO4. The van der Waals surface area contributed by atoms with E-state index in [2.05, 4.69) is 18.0 Å². The zero-order chi connectivity index (χ0) is 19.0. The number of Topliss-reactive ketones (excluding diaryl/α,β-unsaturated/α-hetero) is 1. The predicted molar refractivity (Wildman–Crippen MR) is 104 cm³/mol. The summed E-state index contributed by atoms with van der Waals surface area (Å²) in [6, 6.07) is 8.63. The number of rotatable bonds is 5. The van der Waals surface area contributed by atoms with Crippen LogP contribution in [-0.2, 0) is 6.42 Å². The van der Waals surface area contributed by atoms with Gasteiger partial charge in [-0.15, -0.1) is 0 Å². The number of phenolic OH excluding ortho intramolecular Hbond substituents is 2. The molecule has 5 heteroatoms. The molecule has 0 aliphatic carbocycles. The van der Waals surface area contributed by atoms with Crippen molar-refractivity contribution in [1.82, 2.24) is 4.98 Å². The molecule has 4 rings (SSSR count). The topological polar surface area (TPSA) is 82.6 Å². The van der Waals surface area contributed by atoms with Gasteiger partial charge in [-0.2, -0.15) is 0 Å². The molecule has 3 N–H and O–H groups in total. The van der Waals surface area contributed by atoms with Crippen LogP contribution in [0.15, 0.2) is 42.3 Å². The molecule has 2 aromatic carbocycles. The number of aromatic amines is 1. The van der Waals surface area contributed by atoms with Gasteiger partial charge in [-0.05, 0) is 30.5 Å². The molecular weight excluding hydrogens is 342 g/mol. The monoisotopic (exact) mass is 363 g/mol. The fourth-order valence-electron chi connectivity index (χ4n) is 3.60.